The van der Waals surface area contributed by atoms with Crippen LogP contribution < -0.4 is 0 Å². The molecule has 0 aliphatic heterocycles. The third-order valence-corrected chi connectivity index (χ3v) is 3.33. The van der Waals surface area contributed by atoms with Gasteiger partial charge in [0, 0.05) is 0 Å². The molecule has 15 heavy (non-hydrogen) atoms. The Morgan fingerprint density at radius 1 is 1.00 bits per heavy atom. The number of aliphatic hydroxyl groups is 2. The average Bonchev–Trinajstić information content (AvgIpc) is 2.30. The fourth-order valence-electron chi connectivity index (χ4n) is 2.30. The van der Waals surface area contributed by atoms with Gasteiger partial charge >= 0.3 is 0 Å². The highest BCUT2D eigenvalue weighted by Gasteiger charge is 2.20. The minimum atomic E-state index is -0.0852. The third-order valence-electron chi connectivity index (χ3n) is 3.33. The van der Waals surface area contributed by atoms with Crippen LogP contribution in [0.3, 0.4) is 0 Å². The molecule has 1 fully saturated rings. The van der Waals surface area contributed by atoms with E-state index in [2.05, 4.69) is 12.1 Å². The standard InChI is InChI=1S/C13H18O2/c14-9-10-1-3-11(4-2-10)12-5-7-13(15)8-6-12/h1-4,12-15H,5-9H2. The summed E-state index contributed by atoms with van der Waals surface area (Å²) in [5.41, 5.74) is 2.31. The first-order chi connectivity index (χ1) is 7.29. The summed E-state index contributed by atoms with van der Waals surface area (Å²) >= 11 is 0. The molecule has 1 aromatic carbocycles. The Labute approximate surface area is 90.6 Å². The van der Waals surface area contributed by atoms with Crippen molar-refractivity contribution < 1.29 is 10.2 Å². The van der Waals surface area contributed by atoms with Crippen LogP contribution in [0.4, 0.5) is 0 Å². The molecule has 0 amide bonds. The molecule has 2 nitrogen and oxygen atoms in total. The van der Waals surface area contributed by atoms with Gasteiger partial charge in [-0.25, -0.2) is 0 Å². The van der Waals surface area contributed by atoms with Crippen LogP contribution in [0, 0.1) is 0 Å². The smallest absolute Gasteiger partial charge is 0.0681 e. The first-order valence-electron chi connectivity index (χ1n) is 5.67. The Hall–Kier alpha value is -0.860. The summed E-state index contributed by atoms with van der Waals surface area (Å²) in [6.07, 6.45) is 3.93. The van der Waals surface area contributed by atoms with E-state index in [1.165, 1.54) is 5.56 Å². The van der Waals surface area contributed by atoms with E-state index < -0.39 is 0 Å². The summed E-state index contributed by atoms with van der Waals surface area (Å²) < 4.78 is 0. The summed E-state index contributed by atoms with van der Waals surface area (Å²) in [6, 6.07) is 8.18. The topological polar surface area (TPSA) is 40.5 Å². The van der Waals surface area contributed by atoms with Crippen molar-refractivity contribution in [2.45, 2.75) is 44.3 Å². The summed E-state index contributed by atoms with van der Waals surface area (Å²) in [6.45, 7) is 0.115. The van der Waals surface area contributed by atoms with Gasteiger partial charge in [0.05, 0.1) is 12.7 Å². The van der Waals surface area contributed by atoms with Gasteiger partial charge in [0.15, 0.2) is 0 Å². The molecular formula is C13H18O2. The minimum absolute atomic E-state index is 0.0852. The Bertz CT molecular complexity index is 297. The summed E-state index contributed by atoms with van der Waals surface area (Å²) in [5.74, 6) is 0.598. The number of aliphatic hydroxyl groups excluding tert-OH is 2. The van der Waals surface area contributed by atoms with Crippen LogP contribution in [-0.4, -0.2) is 16.3 Å². The molecule has 1 aliphatic rings. The molecule has 82 valence electrons. The zero-order chi connectivity index (χ0) is 10.7. The SMILES string of the molecule is OCc1ccc(C2CCC(O)CC2)cc1. The lowest BCUT2D eigenvalue weighted by Crippen LogP contribution is -2.16. The van der Waals surface area contributed by atoms with Crippen LogP contribution in [0.5, 0.6) is 0 Å². The van der Waals surface area contributed by atoms with E-state index in [4.69, 9.17) is 5.11 Å². The van der Waals surface area contributed by atoms with Crippen molar-refractivity contribution >= 4 is 0 Å². The number of hydrogen-bond donors (Lipinski definition) is 2. The summed E-state index contributed by atoms with van der Waals surface area (Å²) in [4.78, 5) is 0. The fraction of sp³-hybridized carbons (Fsp3) is 0.538. The zero-order valence-electron chi connectivity index (χ0n) is 8.89. The van der Waals surface area contributed by atoms with Gasteiger partial charge in [-0.1, -0.05) is 24.3 Å². The first kappa shape index (κ1) is 10.7. The van der Waals surface area contributed by atoms with Gasteiger partial charge in [0.1, 0.15) is 0 Å². The van der Waals surface area contributed by atoms with E-state index in [-0.39, 0.29) is 12.7 Å². The minimum Gasteiger partial charge on any atom is -0.393 e. The normalized spacial score (nSPS) is 26.5. The fourth-order valence-corrected chi connectivity index (χ4v) is 2.30. The average molecular weight is 206 g/mol. The van der Waals surface area contributed by atoms with Gasteiger partial charge in [-0.05, 0) is 42.7 Å². The van der Waals surface area contributed by atoms with Crippen LogP contribution in [-0.2, 0) is 6.61 Å². The van der Waals surface area contributed by atoms with Gasteiger partial charge in [0.2, 0.25) is 0 Å². The lowest BCUT2D eigenvalue weighted by atomic mass is 9.82. The Morgan fingerprint density at radius 2 is 1.60 bits per heavy atom. The maximum atomic E-state index is 9.42. The molecule has 1 aliphatic carbocycles. The van der Waals surface area contributed by atoms with Crippen molar-refractivity contribution in [1.82, 2.24) is 0 Å². The Balaban J connectivity index is 2.03. The van der Waals surface area contributed by atoms with Crippen LogP contribution in [0.15, 0.2) is 24.3 Å². The highest BCUT2D eigenvalue weighted by atomic mass is 16.3. The Kier molecular flexibility index (Phi) is 3.39. The van der Waals surface area contributed by atoms with Crippen molar-refractivity contribution in [3.8, 4) is 0 Å². The molecular weight excluding hydrogens is 188 g/mol. The second-order valence-electron chi connectivity index (χ2n) is 4.41. The van der Waals surface area contributed by atoms with Crippen LogP contribution >= 0.6 is 0 Å². The van der Waals surface area contributed by atoms with E-state index in [0.717, 1.165) is 31.2 Å². The van der Waals surface area contributed by atoms with E-state index >= 15 is 0 Å². The highest BCUT2D eigenvalue weighted by molar-refractivity contribution is 5.25. The van der Waals surface area contributed by atoms with Crippen LogP contribution in [0.1, 0.15) is 42.7 Å². The molecule has 0 bridgehead atoms. The van der Waals surface area contributed by atoms with Crippen molar-refractivity contribution in [2.24, 2.45) is 0 Å². The largest absolute Gasteiger partial charge is 0.393 e. The van der Waals surface area contributed by atoms with E-state index in [1.54, 1.807) is 0 Å². The number of hydrogen-bond acceptors (Lipinski definition) is 2. The highest BCUT2D eigenvalue weighted by Crippen LogP contribution is 2.32. The third kappa shape index (κ3) is 2.58. The maximum absolute atomic E-state index is 9.42. The molecule has 1 aromatic rings. The Morgan fingerprint density at radius 3 is 2.13 bits per heavy atom. The molecule has 2 rings (SSSR count). The predicted molar refractivity (Wildman–Crippen MR) is 59.6 cm³/mol. The zero-order valence-corrected chi connectivity index (χ0v) is 8.89. The molecule has 2 heteroatoms. The van der Waals surface area contributed by atoms with E-state index in [9.17, 15) is 5.11 Å². The van der Waals surface area contributed by atoms with Gasteiger partial charge in [0.25, 0.3) is 0 Å². The quantitative estimate of drug-likeness (QED) is 0.778. The van der Waals surface area contributed by atoms with Crippen molar-refractivity contribution in [1.29, 1.82) is 0 Å². The molecule has 0 aromatic heterocycles. The van der Waals surface area contributed by atoms with Crippen molar-refractivity contribution in [3.63, 3.8) is 0 Å². The van der Waals surface area contributed by atoms with Crippen molar-refractivity contribution in [3.05, 3.63) is 35.4 Å². The number of rotatable bonds is 2. The van der Waals surface area contributed by atoms with Crippen molar-refractivity contribution in [2.75, 3.05) is 0 Å². The van der Waals surface area contributed by atoms with E-state index in [1.807, 2.05) is 12.1 Å². The van der Waals surface area contributed by atoms with Crippen LogP contribution in [0.2, 0.25) is 0 Å². The van der Waals surface area contributed by atoms with Crippen LogP contribution in [0.25, 0.3) is 0 Å². The second kappa shape index (κ2) is 4.77. The molecule has 0 atom stereocenters. The summed E-state index contributed by atoms with van der Waals surface area (Å²) in [5, 5.41) is 18.4. The van der Waals surface area contributed by atoms with Gasteiger partial charge < -0.3 is 10.2 Å². The lowest BCUT2D eigenvalue weighted by Gasteiger charge is -2.25. The summed E-state index contributed by atoms with van der Waals surface area (Å²) in [7, 11) is 0. The monoisotopic (exact) mass is 206 g/mol. The molecule has 2 N–H and O–H groups in total. The van der Waals surface area contributed by atoms with Gasteiger partial charge in [-0.15, -0.1) is 0 Å². The lowest BCUT2D eigenvalue weighted by molar-refractivity contribution is 0.122. The molecule has 0 radical (unpaired) electrons. The first-order valence-corrected chi connectivity index (χ1v) is 5.67. The maximum Gasteiger partial charge on any atom is 0.0681 e. The van der Waals surface area contributed by atoms with Gasteiger partial charge in [-0.3, -0.25) is 0 Å². The molecule has 0 unspecified atom stereocenters. The predicted octanol–water partition coefficient (Wildman–Crippen LogP) is 2.20. The second-order valence-corrected chi connectivity index (χ2v) is 4.41. The molecule has 0 heterocycles. The molecule has 1 saturated carbocycles. The van der Waals surface area contributed by atoms with Gasteiger partial charge in [-0.2, -0.15) is 0 Å². The number of benzene rings is 1. The molecule has 0 spiro atoms. The van der Waals surface area contributed by atoms with E-state index in [0.29, 0.717) is 5.92 Å². The molecule has 0 saturated heterocycles.